The van der Waals surface area contributed by atoms with Crippen LogP contribution in [0.1, 0.15) is 11.5 Å². The smallest absolute Gasteiger partial charge is 0.418 e. The number of aliphatic hydroxyl groups excluding tert-OH is 1. The van der Waals surface area contributed by atoms with Gasteiger partial charge >= 0.3 is 13.5 Å². The van der Waals surface area contributed by atoms with Gasteiger partial charge in [0.2, 0.25) is 0 Å². The Morgan fingerprint density at radius 3 is 1.94 bits per heavy atom. The summed E-state index contributed by atoms with van der Waals surface area (Å²) in [6, 6.07) is 9.12. The summed E-state index contributed by atoms with van der Waals surface area (Å²) >= 11 is 0. The first-order valence-electron chi connectivity index (χ1n) is 4.29. The van der Waals surface area contributed by atoms with Gasteiger partial charge in [0, 0.05) is 10.4 Å². The molecule has 1 N–H and O–H groups in total. The minimum atomic E-state index is -6.00. The second kappa shape index (κ2) is 6.92. The van der Waals surface area contributed by atoms with Gasteiger partial charge in [0.15, 0.2) is 0 Å². The third-order valence-corrected chi connectivity index (χ3v) is 1.53. The normalized spacial score (nSPS) is 12.1. The van der Waals surface area contributed by atoms with Crippen LogP contribution in [0.25, 0.3) is 0 Å². The number of benzene rings is 1. The zero-order chi connectivity index (χ0) is 12.6. The molecule has 1 aromatic carbocycles. The number of hydrogen-bond donors (Lipinski definition) is 1. The summed E-state index contributed by atoms with van der Waals surface area (Å²) in [6.45, 7) is -0.173. The van der Waals surface area contributed by atoms with Crippen LogP contribution in [0.3, 0.4) is 0 Å². The maximum absolute atomic E-state index is 10.3. The summed E-state index contributed by atoms with van der Waals surface area (Å²) in [6.07, 6.45) is 1.77. The maximum atomic E-state index is 10.3. The monoisotopic (exact) mass is 236 g/mol. The van der Waals surface area contributed by atoms with E-state index in [2.05, 4.69) is 0 Å². The molecule has 0 amide bonds. The second-order valence-electron chi connectivity index (χ2n) is 2.76. The van der Waals surface area contributed by atoms with Crippen molar-refractivity contribution in [2.75, 3.05) is 6.61 Å². The van der Waals surface area contributed by atoms with Gasteiger partial charge in [-0.25, -0.2) is 0 Å². The van der Waals surface area contributed by atoms with E-state index in [1.807, 2.05) is 18.2 Å². The summed E-state index contributed by atoms with van der Waals surface area (Å²) in [7, 11) is -6.00. The topological polar surface area (TPSA) is 37.3 Å². The van der Waals surface area contributed by atoms with Gasteiger partial charge in [-0.3, -0.25) is 0 Å². The molecule has 0 saturated carbocycles. The number of halogens is 4. The molecule has 1 unspecified atom stereocenters. The fourth-order valence-corrected chi connectivity index (χ4v) is 0.896. The van der Waals surface area contributed by atoms with Crippen molar-refractivity contribution in [1.82, 2.24) is 0 Å². The highest BCUT2D eigenvalue weighted by atomic mass is 19.5. The second-order valence-corrected chi connectivity index (χ2v) is 2.76. The molecule has 0 spiro atoms. The van der Waals surface area contributed by atoms with E-state index < -0.39 is 13.2 Å². The lowest BCUT2D eigenvalue weighted by molar-refractivity contribution is 0.286. The predicted molar refractivity (Wildman–Crippen MR) is 52.1 cm³/mol. The highest BCUT2D eigenvalue weighted by molar-refractivity contribution is 6.50. The van der Waals surface area contributed by atoms with Gasteiger partial charge in [0.1, 0.15) is 6.61 Å². The molecule has 88 valence electrons. The molecule has 0 bridgehead atoms. The van der Waals surface area contributed by atoms with Gasteiger partial charge in [-0.2, -0.15) is 0 Å². The first-order chi connectivity index (χ1) is 7.38. The minimum absolute atomic E-state index is 0.173. The van der Waals surface area contributed by atoms with Crippen molar-refractivity contribution in [3.05, 3.63) is 35.9 Å². The van der Waals surface area contributed by atoms with E-state index in [9.17, 15) is 22.1 Å². The van der Waals surface area contributed by atoms with Crippen LogP contribution in [0.15, 0.2) is 30.3 Å². The Morgan fingerprint density at radius 2 is 1.62 bits per heavy atom. The number of carbonyl (C=O) groups excluding carboxylic acids is 1. The van der Waals surface area contributed by atoms with Crippen LogP contribution in [0.4, 0.5) is 17.3 Å². The Balaban J connectivity index is 0.000000385. The summed E-state index contributed by atoms with van der Waals surface area (Å²) in [5.41, 5.74) is 0.810. The molecule has 0 aliphatic rings. The largest absolute Gasteiger partial charge is 0.673 e. The Labute approximate surface area is 90.0 Å². The van der Waals surface area contributed by atoms with Gasteiger partial charge in [-0.15, -0.1) is 0 Å². The number of aliphatic hydroxyl groups is 1. The number of hydrogen-bond acceptors (Lipinski definition) is 2. The Hall–Kier alpha value is -1.46. The Kier molecular flexibility index (Phi) is 6.30. The lowest BCUT2D eigenvalue weighted by Gasteiger charge is -1.94. The molecule has 0 saturated heterocycles. The molecular formula is C9H9BF4O2. The Bertz CT molecular complexity index is 296. The molecular weight excluding hydrogens is 227 g/mol. The fraction of sp³-hybridized carbons (Fsp3) is 0.222. The van der Waals surface area contributed by atoms with E-state index in [4.69, 9.17) is 5.11 Å². The van der Waals surface area contributed by atoms with E-state index in [0.717, 1.165) is 5.56 Å². The van der Waals surface area contributed by atoms with Crippen LogP contribution in [0, 0.1) is 0 Å². The van der Waals surface area contributed by atoms with E-state index in [1.165, 1.54) is 0 Å². The van der Waals surface area contributed by atoms with Crippen molar-refractivity contribution in [3.8, 4) is 0 Å². The molecule has 1 aromatic rings. The van der Waals surface area contributed by atoms with E-state index >= 15 is 0 Å². The van der Waals surface area contributed by atoms with Crippen molar-refractivity contribution in [2.24, 2.45) is 0 Å². The average molecular weight is 236 g/mol. The van der Waals surface area contributed by atoms with Gasteiger partial charge in [-0.05, 0) is 0 Å². The molecule has 7 heteroatoms. The Morgan fingerprint density at radius 1 is 1.19 bits per heavy atom. The van der Waals surface area contributed by atoms with Crippen molar-refractivity contribution < 1.29 is 27.2 Å². The standard InChI is InChI=1S/C9H9O2.BF4/c10-6-9(7-11)8-4-2-1-3-5-8;2-1(3,4)5/h1-5,9-10H,6H2;/q+1;-1. The van der Waals surface area contributed by atoms with E-state index in [1.54, 1.807) is 18.4 Å². The predicted octanol–water partition coefficient (Wildman–Crippen LogP) is 2.17. The van der Waals surface area contributed by atoms with Crippen molar-refractivity contribution in [3.63, 3.8) is 0 Å². The third-order valence-electron chi connectivity index (χ3n) is 1.53. The van der Waals surface area contributed by atoms with Crippen LogP contribution < -0.4 is 0 Å². The molecule has 0 aliphatic carbocycles. The number of rotatable bonds is 3. The quantitative estimate of drug-likeness (QED) is 0.496. The van der Waals surface area contributed by atoms with Gasteiger partial charge in [0.05, 0.1) is 0 Å². The van der Waals surface area contributed by atoms with Crippen LogP contribution in [0.2, 0.25) is 0 Å². The lowest BCUT2D eigenvalue weighted by Crippen LogP contribution is -2.04. The zero-order valence-electron chi connectivity index (χ0n) is 8.12. The van der Waals surface area contributed by atoms with Gasteiger partial charge in [0.25, 0.3) is 5.92 Å². The molecule has 0 fully saturated rings. The van der Waals surface area contributed by atoms with Crippen LogP contribution in [0.5, 0.6) is 0 Å². The van der Waals surface area contributed by atoms with Gasteiger partial charge < -0.3 is 22.4 Å². The zero-order valence-corrected chi connectivity index (χ0v) is 8.12. The van der Waals surface area contributed by atoms with Gasteiger partial charge in [-0.1, -0.05) is 30.3 Å². The highest BCUT2D eigenvalue weighted by Crippen LogP contribution is 2.11. The van der Waals surface area contributed by atoms with E-state index in [0.29, 0.717) is 0 Å². The van der Waals surface area contributed by atoms with Crippen molar-refractivity contribution >= 4 is 13.5 Å². The van der Waals surface area contributed by atoms with Crippen LogP contribution >= 0.6 is 0 Å². The van der Waals surface area contributed by atoms with Crippen LogP contribution in [-0.2, 0) is 4.79 Å². The summed E-state index contributed by atoms with van der Waals surface area (Å²) in [4.78, 5) is 10.3. The fourth-order valence-electron chi connectivity index (χ4n) is 0.896. The minimum Gasteiger partial charge on any atom is -0.418 e. The molecule has 16 heavy (non-hydrogen) atoms. The highest BCUT2D eigenvalue weighted by Gasteiger charge is 2.22. The lowest BCUT2D eigenvalue weighted by atomic mass is 10.0. The molecule has 1 rings (SSSR count). The summed E-state index contributed by atoms with van der Waals surface area (Å²) in [5.74, 6) is -0.490. The third kappa shape index (κ3) is 7.90. The first kappa shape index (κ1) is 14.5. The van der Waals surface area contributed by atoms with Crippen molar-refractivity contribution in [1.29, 1.82) is 0 Å². The molecule has 0 radical (unpaired) electrons. The summed E-state index contributed by atoms with van der Waals surface area (Å²) in [5, 5.41) is 8.72. The van der Waals surface area contributed by atoms with Crippen LogP contribution in [-0.4, -0.2) is 25.3 Å². The molecule has 1 atom stereocenters. The first-order valence-corrected chi connectivity index (χ1v) is 4.29. The summed E-state index contributed by atoms with van der Waals surface area (Å²) < 4.78 is 39.0. The SMILES string of the molecule is F[B-](F)(F)F.O=[C+]C(CO)c1ccccc1. The molecule has 0 heterocycles. The average Bonchev–Trinajstić information content (AvgIpc) is 2.19. The maximum Gasteiger partial charge on any atom is 0.673 e. The van der Waals surface area contributed by atoms with Crippen molar-refractivity contribution in [2.45, 2.75) is 5.92 Å². The molecule has 0 aromatic heterocycles. The molecule has 2 nitrogen and oxygen atoms in total. The van der Waals surface area contributed by atoms with E-state index in [-0.39, 0.29) is 6.61 Å². The molecule has 0 aliphatic heterocycles.